The van der Waals surface area contributed by atoms with Gasteiger partial charge in [-0.15, -0.1) is 0 Å². The summed E-state index contributed by atoms with van der Waals surface area (Å²) in [5.74, 6) is -0.226. The van der Waals surface area contributed by atoms with E-state index in [4.69, 9.17) is 5.11 Å². The summed E-state index contributed by atoms with van der Waals surface area (Å²) in [6, 6.07) is 7.37. The molecule has 1 aromatic rings. The zero-order valence-corrected chi connectivity index (χ0v) is 10.5. The van der Waals surface area contributed by atoms with Gasteiger partial charge in [0.25, 0.3) is 5.91 Å². The second-order valence-corrected chi connectivity index (χ2v) is 4.97. The molecule has 18 heavy (non-hydrogen) atoms. The maximum absolute atomic E-state index is 12.1. The summed E-state index contributed by atoms with van der Waals surface area (Å²) < 4.78 is 0. The molecule has 0 bridgehead atoms. The summed E-state index contributed by atoms with van der Waals surface area (Å²) in [6.45, 7) is 1.87. The molecule has 0 aliphatic heterocycles. The number of hydrogen-bond donors (Lipinski definition) is 3. The second kappa shape index (κ2) is 5.50. The third-order valence-corrected chi connectivity index (χ3v) is 3.62. The van der Waals surface area contributed by atoms with Gasteiger partial charge >= 0.3 is 0 Å². The summed E-state index contributed by atoms with van der Waals surface area (Å²) in [6.07, 6.45) is 0.634. The number of aliphatic hydroxyl groups is 2. The number of nitrogens with one attached hydrogen (secondary N) is 1. The van der Waals surface area contributed by atoms with Crippen molar-refractivity contribution in [3.63, 3.8) is 0 Å². The Balaban J connectivity index is 1.99. The molecule has 0 saturated heterocycles. The van der Waals surface area contributed by atoms with Crippen molar-refractivity contribution < 1.29 is 15.0 Å². The van der Waals surface area contributed by atoms with Crippen LogP contribution < -0.4 is 5.32 Å². The molecule has 0 spiro atoms. The van der Waals surface area contributed by atoms with Crippen LogP contribution in [0.2, 0.25) is 0 Å². The number of aliphatic hydroxyl groups excluding tert-OH is 2. The zero-order chi connectivity index (χ0) is 13.1. The van der Waals surface area contributed by atoms with Gasteiger partial charge in [0.05, 0.1) is 6.10 Å². The van der Waals surface area contributed by atoms with Crippen LogP contribution in [0.5, 0.6) is 0 Å². The molecule has 3 N–H and O–H groups in total. The highest BCUT2D eigenvalue weighted by molar-refractivity contribution is 5.95. The molecule has 0 radical (unpaired) electrons. The number of amides is 1. The number of rotatable bonds is 3. The van der Waals surface area contributed by atoms with Crippen LogP contribution in [-0.2, 0) is 0 Å². The molecule has 1 fully saturated rings. The molecule has 1 saturated carbocycles. The summed E-state index contributed by atoms with van der Waals surface area (Å²) >= 11 is 0. The van der Waals surface area contributed by atoms with Crippen molar-refractivity contribution >= 4 is 5.91 Å². The van der Waals surface area contributed by atoms with Gasteiger partial charge < -0.3 is 15.5 Å². The van der Waals surface area contributed by atoms with Gasteiger partial charge in [0.15, 0.2) is 0 Å². The molecular weight excluding hydrogens is 230 g/mol. The van der Waals surface area contributed by atoms with Crippen molar-refractivity contribution in [3.05, 3.63) is 35.4 Å². The van der Waals surface area contributed by atoms with Gasteiger partial charge in [-0.1, -0.05) is 18.2 Å². The Morgan fingerprint density at radius 3 is 2.72 bits per heavy atom. The van der Waals surface area contributed by atoms with E-state index in [2.05, 4.69) is 5.32 Å². The molecule has 1 aliphatic carbocycles. The number of carbonyl (C=O) groups is 1. The van der Waals surface area contributed by atoms with E-state index in [1.54, 1.807) is 6.07 Å². The molecule has 4 heteroatoms. The summed E-state index contributed by atoms with van der Waals surface area (Å²) in [7, 11) is 0. The van der Waals surface area contributed by atoms with Crippen LogP contribution in [0.1, 0.15) is 28.8 Å². The first-order valence-electron chi connectivity index (χ1n) is 6.27. The van der Waals surface area contributed by atoms with Gasteiger partial charge in [0.2, 0.25) is 0 Å². The van der Waals surface area contributed by atoms with Crippen LogP contribution in [0.25, 0.3) is 0 Å². The lowest BCUT2D eigenvalue weighted by Gasteiger charge is -2.13. The highest BCUT2D eigenvalue weighted by Crippen LogP contribution is 2.26. The van der Waals surface area contributed by atoms with Gasteiger partial charge in [-0.25, -0.2) is 0 Å². The first kappa shape index (κ1) is 13.1. The van der Waals surface area contributed by atoms with E-state index in [-0.39, 0.29) is 24.5 Å². The third-order valence-electron chi connectivity index (χ3n) is 3.62. The van der Waals surface area contributed by atoms with Gasteiger partial charge in [-0.3, -0.25) is 4.79 Å². The average molecular weight is 249 g/mol. The predicted octanol–water partition coefficient (Wildman–Crippen LogP) is 0.857. The predicted molar refractivity (Wildman–Crippen MR) is 68.2 cm³/mol. The van der Waals surface area contributed by atoms with E-state index < -0.39 is 6.10 Å². The molecule has 0 heterocycles. The van der Waals surface area contributed by atoms with Crippen molar-refractivity contribution in [1.82, 2.24) is 5.32 Å². The fourth-order valence-corrected chi connectivity index (χ4v) is 2.51. The average Bonchev–Trinajstić information content (AvgIpc) is 2.69. The molecule has 3 atom stereocenters. The van der Waals surface area contributed by atoms with Crippen molar-refractivity contribution in [2.24, 2.45) is 5.92 Å². The van der Waals surface area contributed by atoms with Gasteiger partial charge in [-0.05, 0) is 31.4 Å². The monoisotopic (exact) mass is 249 g/mol. The maximum Gasteiger partial charge on any atom is 0.251 e. The summed E-state index contributed by atoms with van der Waals surface area (Å²) in [5.41, 5.74) is 1.60. The summed E-state index contributed by atoms with van der Waals surface area (Å²) in [4.78, 5) is 12.1. The fourth-order valence-electron chi connectivity index (χ4n) is 2.51. The smallest absolute Gasteiger partial charge is 0.251 e. The largest absolute Gasteiger partial charge is 0.396 e. The van der Waals surface area contributed by atoms with Crippen LogP contribution >= 0.6 is 0 Å². The molecule has 1 aromatic carbocycles. The van der Waals surface area contributed by atoms with Crippen LogP contribution in [0.3, 0.4) is 0 Å². The maximum atomic E-state index is 12.1. The van der Waals surface area contributed by atoms with Crippen molar-refractivity contribution in [2.75, 3.05) is 6.61 Å². The molecule has 3 unspecified atom stereocenters. The van der Waals surface area contributed by atoms with E-state index in [9.17, 15) is 9.90 Å². The number of hydrogen-bond acceptors (Lipinski definition) is 3. The fraction of sp³-hybridized carbons (Fsp3) is 0.500. The second-order valence-electron chi connectivity index (χ2n) is 4.97. The Bertz CT molecular complexity index is 433. The highest BCUT2D eigenvalue weighted by Gasteiger charge is 2.33. The van der Waals surface area contributed by atoms with Gasteiger partial charge in [-0.2, -0.15) is 0 Å². The highest BCUT2D eigenvalue weighted by atomic mass is 16.3. The first-order valence-corrected chi connectivity index (χ1v) is 6.27. The van der Waals surface area contributed by atoms with E-state index >= 15 is 0 Å². The lowest BCUT2D eigenvalue weighted by atomic mass is 10.1. The molecule has 0 aromatic heterocycles. The van der Waals surface area contributed by atoms with Crippen molar-refractivity contribution in [3.8, 4) is 0 Å². The van der Waals surface area contributed by atoms with Crippen LogP contribution in [0.15, 0.2) is 24.3 Å². The number of benzene rings is 1. The third kappa shape index (κ3) is 2.71. The topological polar surface area (TPSA) is 69.6 Å². The zero-order valence-electron chi connectivity index (χ0n) is 10.5. The quantitative estimate of drug-likeness (QED) is 0.744. The molecule has 2 rings (SSSR count). The molecular formula is C14H19NO3. The van der Waals surface area contributed by atoms with Gasteiger partial charge in [0, 0.05) is 24.1 Å². The minimum absolute atomic E-state index is 0.0299. The van der Waals surface area contributed by atoms with E-state index in [0.29, 0.717) is 18.4 Å². The Kier molecular flexibility index (Phi) is 3.99. The molecule has 4 nitrogen and oxygen atoms in total. The lowest BCUT2D eigenvalue weighted by Crippen LogP contribution is -2.33. The Morgan fingerprint density at radius 2 is 2.11 bits per heavy atom. The minimum Gasteiger partial charge on any atom is -0.396 e. The van der Waals surface area contributed by atoms with Crippen LogP contribution in [0, 0.1) is 12.8 Å². The normalized spacial score (nSPS) is 27.2. The summed E-state index contributed by atoms with van der Waals surface area (Å²) in [5, 5.41) is 21.7. The number of carbonyl (C=O) groups excluding carboxylic acids is 1. The first-order chi connectivity index (χ1) is 8.61. The van der Waals surface area contributed by atoms with E-state index in [1.807, 2.05) is 25.1 Å². The Hall–Kier alpha value is -1.39. The lowest BCUT2D eigenvalue weighted by molar-refractivity contribution is 0.0903. The molecule has 1 aliphatic rings. The van der Waals surface area contributed by atoms with Gasteiger partial charge in [0.1, 0.15) is 0 Å². The van der Waals surface area contributed by atoms with E-state index in [0.717, 1.165) is 5.56 Å². The number of aryl methyl sites for hydroxylation is 1. The van der Waals surface area contributed by atoms with Crippen molar-refractivity contribution in [1.29, 1.82) is 0 Å². The molecule has 1 amide bonds. The van der Waals surface area contributed by atoms with E-state index in [1.165, 1.54) is 0 Å². The Labute approximate surface area is 107 Å². The molecule has 98 valence electrons. The van der Waals surface area contributed by atoms with Crippen LogP contribution in [0.4, 0.5) is 0 Å². The Morgan fingerprint density at radius 1 is 1.39 bits per heavy atom. The standard InChI is InChI=1S/C14H19NO3/c1-9-4-2-3-5-12(9)14(18)15-11-6-10(8-16)13(17)7-11/h2-5,10-11,13,16-17H,6-8H2,1H3,(H,15,18). The minimum atomic E-state index is -0.517. The van der Waals surface area contributed by atoms with Crippen LogP contribution in [-0.4, -0.2) is 34.9 Å². The SMILES string of the molecule is Cc1ccccc1C(=O)NC1CC(O)C(CO)C1. The van der Waals surface area contributed by atoms with Crippen molar-refractivity contribution in [2.45, 2.75) is 31.9 Å².